The Bertz CT molecular complexity index is 262. The molecule has 0 heterocycles. The van der Waals surface area contributed by atoms with Crippen LogP contribution in [0.5, 0.6) is 0 Å². The lowest BCUT2D eigenvalue weighted by Crippen LogP contribution is -2.51. The number of carbonyl (C=O) groups is 2. The van der Waals surface area contributed by atoms with E-state index in [9.17, 15) is 9.59 Å². The number of nitrogens with one attached hydrogen (secondary N) is 1. The van der Waals surface area contributed by atoms with Gasteiger partial charge in [0.05, 0.1) is 18.6 Å². The molecule has 1 rings (SSSR count). The third-order valence-electron chi connectivity index (χ3n) is 2.38. The molecule has 5 heteroatoms. The van der Waals surface area contributed by atoms with Crippen LogP contribution in [0.15, 0.2) is 0 Å². The Morgan fingerprint density at radius 1 is 1.53 bits per heavy atom. The van der Waals surface area contributed by atoms with Crippen molar-refractivity contribution in [2.45, 2.75) is 31.7 Å². The Labute approximate surface area is 88.8 Å². The normalized spacial score (nSPS) is 19.3. The molecule has 1 saturated carbocycles. The van der Waals surface area contributed by atoms with E-state index in [1.807, 2.05) is 0 Å². The molecular formula is C10H17NO4. The number of aliphatic carboxylic acids is 1. The maximum absolute atomic E-state index is 11.5. The zero-order valence-corrected chi connectivity index (χ0v) is 9.08. The largest absolute Gasteiger partial charge is 0.481 e. The summed E-state index contributed by atoms with van der Waals surface area (Å²) in [5, 5.41) is 11.5. The third kappa shape index (κ3) is 3.87. The number of rotatable bonds is 6. The van der Waals surface area contributed by atoms with Crippen LogP contribution in [0.2, 0.25) is 0 Å². The highest BCUT2D eigenvalue weighted by Crippen LogP contribution is 2.29. The van der Waals surface area contributed by atoms with E-state index in [4.69, 9.17) is 9.84 Å². The minimum Gasteiger partial charge on any atom is -0.481 e. The molecule has 5 nitrogen and oxygen atoms in total. The van der Waals surface area contributed by atoms with Gasteiger partial charge in [-0.3, -0.25) is 9.59 Å². The van der Waals surface area contributed by atoms with E-state index in [-0.39, 0.29) is 24.9 Å². The first-order chi connectivity index (χ1) is 6.97. The maximum atomic E-state index is 11.5. The van der Waals surface area contributed by atoms with E-state index >= 15 is 0 Å². The number of carboxylic acid groups (broad SMARTS) is 1. The van der Waals surface area contributed by atoms with Crippen molar-refractivity contribution in [3.05, 3.63) is 0 Å². The van der Waals surface area contributed by atoms with Crippen LogP contribution in [0.3, 0.4) is 0 Å². The highest BCUT2D eigenvalue weighted by atomic mass is 16.5. The molecule has 86 valence electrons. The van der Waals surface area contributed by atoms with Gasteiger partial charge in [0.1, 0.15) is 0 Å². The summed E-state index contributed by atoms with van der Waals surface area (Å²) in [6.45, 7) is 1.89. The first kappa shape index (κ1) is 12.0. The van der Waals surface area contributed by atoms with Crippen molar-refractivity contribution in [1.82, 2.24) is 5.32 Å². The maximum Gasteiger partial charge on any atom is 0.305 e. The number of hydrogen-bond acceptors (Lipinski definition) is 3. The van der Waals surface area contributed by atoms with Gasteiger partial charge in [-0.25, -0.2) is 0 Å². The SMILES string of the molecule is COCC(C)(CC(=O)O)NC(=O)C1CC1. The van der Waals surface area contributed by atoms with Gasteiger partial charge in [-0.15, -0.1) is 0 Å². The van der Waals surface area contributed by atoms with Gasteiger partial charge in [0, 0.05) is 13.0 Å². The van der Waals surface area contributed by atoms with Gasteiger partial charge in [-0.05, 0) is 19.8 Å². The zero-order valence-electron chi connectivity index (χ0n) is 9.08. The van der Waals surface area contributed by atoms with E-state index in [1.54, 1.807) is 6.92 Å². The molecule has 0 bridgehead atoms. The molecule has 15 heavy (non-hydrogen) atoms. The van der Waals surface area contributed by atoms with Crippen LogP contribution in [-0.2, 0) is 14.3 Å². The second-order valence-electron chi connectivity index (χ2n) is 4.33. The standard InChI is InChI=1S/C10H17NO4/c1-10(6-15-2,5-8(12)13)11-9(14)7-3-4-7/h7H,3-6H2,1-2H3,(H,11,14)(H,12,13). The highest BCUT2D eigenvalue weighted by Gasteiger charge is 2.36. The Morgan fingerprint density at radius 2 is 2.13 bits per heavy atom. The molecule has 1 fully saturated rings. The number of methoxy groups -OCH3 is 1. The van der Waals surface area contributed by atoms with E-state index < -0.39 is 11.5 Å². The molecule has 1 atom stereocenters. The fraction of sp³-hybridized carbons (Fsp3) is 0.800. The topological polar surface area (TPSA) is 75.6 Å². The van der Waals surface area contributed by atoms with Crippen molar-refractivity contribution in [3.63, 3.8) is 0 Å². The van der Waals surface area contributed by atoms with Crippen molar-refractivity contribution in [2.75, 3.05) is 13.7 Å². The molecule has 1 unspecified atom stereocenters. The first-order valence-corrected chi connectivity index (χ1v) is 4.99. The predicted octanol–water partition coefficient (Wildman–Crippen LogP) is 0.392. The molecule has 0 saturated heterocycles. The van der Waals surface area contributed by atoms with E-state index in [0.29, 0.717) is 0 Å². The number of amides is 1. The quantitative estimate of drug-likeness (QED) is 0.672. The molecule has 0 spiro atoms. The fourth-order valence-corrected chi connectivity index (χ4v) is 1.53. The number of carboxylic acids is 1. The van der Waals surface area contributed by atoms with Crippen LogP contribution >= 0.6 is 0 Å². The summed E-state index contributed by atoms with van der Waals surface area (Å²) in [4.78, 5) is 22.2. The summed E-state index contributed by atoms with van der Waals surface area (Å²) in [7, 11) is 1.49. The van der Waals surface area contributed by atoms with Crippen LogP contribution in [0.4, 0.5) is 0 Å². The number of ether oxygens (including phenoxy) is 1. The van der Waals surface area contributed by atoms with Crippen molar-refractivity contribution < 1.29 is 19.4 Å². The van der Waals surface area contributed by atoms with Gasteiger partial charge in [0.2, 0.25) is 5.91 Å². The highest BCUT2D eigenvalue weighted by molar-refractivity contribution is 5.82. The van der Waals surface area contributed by atoms with Crippen LogP contribution < -0.4 is 5.32 Å². The van der Waals surface area contributed by atoms with Crippen molar-refractivity contribution >= 4 is 11.9 Å². The molecule has 0 aliphatic heterocycles. The lowest BCUT2D eigenvalue weighted by atomic mass is 9.98. The van der Waals surface area contributed by atoms with Gasteiger partial charge < -0.3 is 15.2 Å². The molecule has 0 aromatic rings. The lowest BCUT2D eigenvalue weighted by molar-refractivity contribution is -0.139. The predicted molar refractivity (Wildman–Crippen MR) is 53.4 cm³/mol. The number of carbonyl (C=O) groups excluding carboxylic acids is 1. The van der Waals surface area contributed by atoms with Crippen LogP contribution in [0.25, 0.3) is 0 Å². The van der Waals surface area contributed by atoms with E-state index in [0.717, 1.165) is 12.8 Å². The van der Waals surface area contributed by atoms with Gasteiger partial charge in [0.25, 0.3) is 0 Å². The first-order valence-electron chi connectivity index (χ1n) is 4.99. The van der Waals surface area contributed by atoms with E-state index in [1.165, 1.54) is 7.11 Å². The minimum absolute atomic E-state index is 0.0594. The van der Waals surface area contributed by atoms with Crippen LogP contribution in [0, 0.1) is 5.92 Å². The summed E-state index contributed by atoms with van der Waals surface area (Å²) < 4.78 is 4.93. The van der Waals surface area contributed by atoms with Crippen molar-refractivity contribution in [2.24, 2.45) is 5.92 Å². The summed E-state index contributed by atoms with van der Waals surface area (Å²) in [6.07, 6.45) is 1.68. The summed E-state index contributed by atoms with van der Waals surface area (Å²) in [5.74, 6) is -0.920. The van der Waals surface area contributed by atoms with Crippen LogP contribution in [0.1, 0.15) is 26.2 Å². The molecule has 1 aliphatic rings. The molecular weight excluding hydrogens is 198 g/mol. The van der Waals surface area contributed by atoms with Gasteiger partial charge >= 0.3 is 5.97 Å². The zero-order chi connectivity index (χ0) is 11.5. The van der Waals surface area contributed by atoms with Gasteiger partial charge in [-0.1, -0.05) is 0 Å². The minimum atomic E-state index is -0.939. The molecule has 0 radical (unpaired) electrons. The summed E-state index contributed by atoms with van der Waals surface area (Å²) in [6, 6.07) is 0. The third-order valence-corrected chi connectivity index (χ3v) is 2.38. The molecule has 2 N–H and O–H groups in total. The molecule has 0 aromatic heterocycles. The number of hydrogen-bond donors (Lipinski definition) is 2. The fourth-order valence-electron chi connectivity index (χ4n) is 1.53. The Hall–Kier alpha value is -1.10. The Morgan fingerprint density at radius 3 is 2.53 bits per heavy atom. The second kappa shape index (κ2) is 4.61. The monoisotopic (exact) mass is 215 g/mol. The second-order valence-corrected chi connectivity index (χ2v) is 4.33. The van der Waals surface area contributed by atoms with Crippen LogP contribution in [-0.4, -0.2) is 36.2 Å². The van der Waals surface area contributed by atoms with Gasteiger partial charge in [0.15, 0.2) is 0 Å². The van der Waals surface area contributed by atoms with Crippen molar-refractivity contribution in [3.8, 4) is 0 Å². The molecule has 1 aliphatic carbocycles. The Balaban J connectivity index is 2.53. The average molecular weight is 215 g/mol. The lowest BCUT2D eigenvalue weighted by Gasteiger charge is -2.28. The average Bonchev–Trinajstić information content (AvgIpc) is 2.82. The van der Waals surface area contributed by atoms with E-state index in [2.05, 4.69) is 5.32 Å². The summed E-state index contributed by atoms with van der Waals surface area (Å²) in [5.41, 5.74) is -0.805. The molecule has 1 amide bonds. The molecule has 0 aromatic carbocycles. The Kier molecular flexibility index (Phi) is 3.68. The summed E-state index contributed by atoms with van der Waals surface area (Å²) >= 11 is 0. The van der Waals surface area contributed by atoms with Gasteiger partial charge in [-0.2, -0.15) is 0 Å². The smallest absolute Gasteiger partial charge is 0.305 e. The van der Waals surface area contributed by atoms with Crippen molar-refractivity contribution in [1.29, 1.82) is 0 Å².